The lowest BCUT2D eigenvalue weighted by atomic mass is 10.2. The maximum absolute atomic E-state index is 11.2. The first-order valence-corrected chi connectivity index (χ1v) is 6.13. The Morgan fingerprint density at radius 3 is 2.43 bits per heavy atom. The number of benzene rings is 2. The molecule has 0 aliphatic heterocycles. The molecule has 0 atom stereocenters. The van der Waals surface area contributed by atoms with Crippen LogP contribution >= 0.6 is 0 Å². The lowest BCUT2D eigenvalue weighted by molar-refractivity contribution is -0.384. The molecule has 0 saturated carbocycles. The van der Waals surface area contributed by atoms with Crippen LogP contribution in [0.15, 0.2) is 42.5 Å². The van der Waals surface area contributed by atoms with Gasteiger partial charge in [0.1, 0.15) is 11.4 Å². The van der Waals surface area contributed by atoms with Crippen LogP contribution in [0.3, 0.4) is 0 Å². The summed E-state index contributed by atoms with van der Waals surface area (Å²) in [6, 6.07) is 13.5. The van der Waals surface area contributed by atoms with Crippen molar-refractivity contribution in [2.45, 2.75) is 0 Å². The van der Waals surface area contributed by atoms with Gasteiger partial charge in [-0.3, -0.25) is 10.1 Å². The highest BCUT2D eigenvalue weighted by Gasteiger charge is 2.19. The molecule has 2 aromatic carbocycles. The Labute approximate surface area is 122 Å². The molecule has 0 spiro atoms. The maximum atomic E-state index is 11.2. The molecule has 0 unspecified atom stereocenters. The van der Waals surface area contributed by atoms with E-state index in [1.807, 2.05) is 6.07 Å². The molecular formula is C15H13N3O3. The molecule has 0 aromatic heterocycles. The maximum Gasteiger partial charge on any atom is 0.296 e. The largest absolute Gasteiger partial charge is 0.496 e. The van der Waals surface area contributed by atoms with E-state index in [2.05, 4.69) is 0 Å². The Hall–Kier alpha value is -3.07. The zero-order valence-electron chi connectivity index (χ0n) is 11.6. The average Bonchev–Trinajstić information content (AvgIpc) is 2.53. The van der Waals surface area contributed by atoms with Crippen molar-refractivity contribution in [2.75, 3.05) is 19.1 Å². The summed E-state index contributed by atoms with van der Waals surface area (Å²) in [5.41, 5.74) is 1.70. The smallest absolute Gasteiger partial charge is 0.296 e. The van der Waals surface area contributed by atoms with Gasteiger partial charge in [-0.05, 0) is 36.4 Å². The number of hydrogen-bond donors (Lipinski definition) is 0. The summed E-state index contributed by atoms with van der Waals surface area (Å²) in [6.45, 7) is 0. The fourth-order valence-electron chi connectivity index (χ4n) is 1.96. The average molecular weight is 283 g/mol. The van der Waals surface area contributed by atoms with E-state index < -0.39 is 4.92 Å². The number of rotatable bonds is 4. The minimum absolute atomic E-state index is 0.0405. The molecule has 0 bridgehead atoms. The first-order valence-electron chi connectivity index (χ1n) is 6.13. The van der Waals surface area contributed by atoms with Gasteiger partial charge in [-0.25, -0.2) is 0 Å². The molecule has 0 fully saturated rings. The highest BCUT2D eigenvalue weighted by Crippen LogP contribution is 2.35. The molecule has 0 amide bonds. The third-order valence-electron chi connectivity index (χ3n) is 3.12. The Bertz CT molecular complexity index is 705. The lowest BCUT2D eigenvalue weighted by Crippen LogP contribution is -2.11. The highest BCUT2D eigenvalue weighted by molar-refractivity contribution is 5.73. The standard InChI is InChI=1S/C15H13N3O3/c1-17(12-5-3-11(10-16)4-6-12)14-8-7-13(21-2)9-15(14)18(19)20/h3-9H,1-2H3. The van der Waals surface area contributed by atoms with Gasteiger partial charge in [-0.1, -0.05) is 0 Å². The summed E-state index contributed by atoms with van der Waals surface area (Å²) in [6.07, 6.45) is 0. The predicted octanol–water partition coefficient (Wildman–Crippen LogP) is 3.24. The fourth-order valence-corrected chi connectivity index (χ4v) is 1.96. The number of ether oxygens (including phenoxy) is 1. The van der Waals surface area contributed by atoms with E-state index in [0.29, 0.717) is 17.0 Å². The number of nitro benzene ring substituents is 1. The minimum Gasteiger partial charge on any atom is -0.496 e. The van der Waals surface area contributed by atoms with Crippen LogP contribution in [0.25, 0.3) is 0 Å². The van der Waals surface area contributed by atoms with Crippen molar-refractivity contribution in [2.24, 2.45) is 0 Å². The quantitative estimate of drug-likeness (QED) is 0.635. The summed E-state index contributed by atoms with van der Waals surface area (Å²) in [4.78, 5) is 12.5. The van der Waals surface area contributed by atoms with Crippen LogP contribution in [0, 0.1) is 21.4 Å². The molecule has 6 heteroatoms. The molecule has 2 aromatic rings. The van der Waals surface area contributed by atoms with Crippen LogP contribution in [0.5, 0.6) is 5.75 Å². The zero-order valence-corrected chi connectivity index (χ0v) is 11.6. The summed E-state index contributed by atoms with van der Waals surface area (Å²) in [7, 11) is 3.19. The van der Waals surface area contributed by atoms with Crippen molar-refractivity contribution >= 4 is 17.1 Å². The van der Waals surface area contributed by atoms with E-state index in [-0.39, 0.29) is 5.69 Å². The number of hydrogen-bond acceptors (Lipinski definition) is 5. The molecule has 0 radical (unpaired) electrons. The highest BCUT2D eigenvalue weighted by atomic mass is 16.6. The van der Waals surface area contributed by atoms with Gasteiger partial charge < -0.3 is 9.64 Å². The summed E-state index contributed by atoms with van der Waals surface area (Å²) in [5.74, 6) is 0.429. The van der Waals surface area contributed by atoms with Gasteiger partial charge in [0, 0.05) is 12.7 Å². The topological polar surface area (TPSA) is 79.4 Å². The van der Waals surface area contributed by atoms with E-state index in [1.54, 1.807) is 48.3 Å². The van der Waals surface area contributed by atoms with Crippen LogP contribution in [-0.4, -0.2) is 19.1 Å². The Morgan fingerprint density at radius 1 is 1.24 bits per heavy atom. The predicted molar refractivity (Wildman–Crippen MR) is 78.9 cm³/mol. The van der Waals surface area contributed by atoms with Gasteiger partial charge in [-0.2, -0.15) is 5.26 Å². The molecular weight excluding hydrogens is 270 g/mol. The SMILES string of the molecule is COc1ccc(N(C)c2ccc(C#N)cc2)c([N+](=O)[O-])c1. The molecule has 0 N–H and O–H groups in total. The number of anilines is 2. The van der Waals surface area contributed by atoms with E-state index in [1.165, 1.54) is 13.2 Å². The Morgan fingerprint density at radius 2 is 1.90 bits per heavy atom. The first kappa shape index (κ1) is 14.3. The van der Waals surface area contributed by atoms with E-state index in [9.17, 15) is 10.1 Å². The molecule has 0 saturated heterocycles. The van der Waals surface area contributed by atoms with Crippen LogP contribution in [0.4, 0.5) is 17.1 Å². The summed E-state index contributed by atoms with van der Waals surface area (Å²) in [5, 5.41) is 20.0. The second kappa shape index (κ2) is 5.92. The number of nitro groups is 1. The van der Waals surface area contributed by atoms with Crippen molar-refractivity contribution in [3.63, 3.8) is 0 Å². The summed E-state index contributed by atoms with van der Waals surface area (Å²) < 4.78 is 5.02. The molecule has 0 aliphatic carbocycles. The molecule has 0 aliphatic rings. The van der Waals surface area contributed by atoms with E-state index >= 15 is 0 Å². The van der Waals surface area contributed by atoms with E-state index in [4.69, 9.17) is 10.00 Å². The van der Waals surface area contributed by atoms with Crippen molar-refractivity contribution in [3.8, 4) is 11.8 Å². The molecule has 21 heavy (non-hydrogen) atoms. The van der Waals surface area contributed by atoms with Gasteiger partial charge in [0.15, 0.2) is 0 Å². The van der Waals surface area contributed by atoms with E-state index in [0.717, 1.165) is 5.69 Å². The normalized spacial score (nSPS) is 9.76. The van der Waals surface area contributed by atoms with Gasteiger partial charge in [-0.15, -0.1) is 0 Å². The summed E-state index contributed by atoms with van der Waals surface area (Å²) >= 11 is 0. The molecule has 106 valence electrons. The molecule has 0 heterocycles. The molecule has 6 nitrogen and oxygen atoms in total. The lowest BCUT2D eigenvalue weighted by Gasteiger charge is -2.19. The van der Waals surface area contributed by atoms with Crippen molar-refractivity contribution in [1.29, 1.82) is 5.26 Å². The molecule has 2 rings (SSSR count). The van der Waals surface area contributed by atoms with Crippen LogP contribution in [0.2, 0.25) is 0 Å². The van der Waals surface area contributed by atoms with Gasteiger partial charge >= 0.3 is 0 Å². The Balaban J connectivity index is 2.44. The third kappa shape index (κ3) is 2.92. The Kier molecular flexibility index (Phi) is 4.05. The van der Waals surface area contributed by atoms with Crippen molar-refractivity contribution < 1.29 is 9.66 Å². The van der Waals surface area contributed by atoms with Gasteiger partial charge in [0.2, 0.25) is 0 Å². The monoisotopic (exact) mass is 283 g/mol. The van der Waals surface area contributed by atoms with Crippen LogP contribution in [-0.2, 0) is 0 Å². The van der Waals surface area contributed by atoms with Crippen LogP contribution < -0.4 is 9.64 Å². The number of nitrogens with zero attached hydrogens (tertiary/aromatic N) is 3. The first-order chi connectivity index (χ1) is 10.1. The van der Waals surface area contributed by atoms with Crippen molar-refractivity contribution in [1.82, 2.24) is 0 Å². The zero-order chi connectivity index (χ0) is 15.4. The van der Waals surface area contributed by atoms with Crippen molar-refractivity contribution in [3.05, 3.63) is 58.1 Å². The van der Waals surface area contributed by atoms with Gasteiger partial charge in [0.25, 0.3) is 5.69 Å². The fraction of sp³-hybridized carbons (Fsp3) is 0.133. The van der Waals surface area contributed by atoms with Crippen LogP contribution in [0.1, 0.15) is 5.56 Å². The minimum atomic E-state index is -0.446. The van der Waals surface area contributed by atoms with Gasteiger partial charge in [0.05, 0.1) is 29.7 Å². The second-order valence-electron chi connectivity index (χ2n) is 4.33. The third-order valence-corrected chi connectivity index (χ3v) is 3.12. The number of methoxy groups -OCH3 is 1. The second-order valence-corrected chi connectivity index (χ2v) is 4.33. The number of nitriles is 1.